The number of benzene rings is 1. The van der Waals surface area contributed by atoms with Gasteiger partial charge in [-0.05, 0) is 35.5 Å². The first-order valence-corrected chi connectivity index (χ1v) is 6.86. The van der Waals surface area contributed by atoms with Gasteiger partial charge >= 0.3 is 0 Å². The van der Waals surface area contributed by atoms with Crippen molar-refractivity contribution in [1.82, 2.24) is 25.6 Å². The lowest BCUT2D eigenvalue weighted by Crippen LogP contribution is -2.13. The van der Waals surface area contributed by atoms with Gasteiger partial charge in [0.15, 0.2) is 0 Å². The molecule has 9 heteroatoms. The Balaban J connectivity index is 1.97. The molecule has 0 fully saturated rings. The largest absolute Gasteiger partial charge is 0.321 e. The van der Waals surface area contributed by atoms with Crippen LogP contribution in [0.4, 0.5) is 5.69 Å². The number of rotatable bonds is 3. The van der Waals surface area contributed by atoms with Crippen molar-refractivity contribution in [2.24, 2.45) is 0 Å². The van der Waals surface area contributed by atoms with E-state index >= 15 is 0 Å². The van der Waals surface area contributed by atoms with Crippen LogP contribution in [0, 0.1) is 0 Å². The molecule has 22 heavy (non-hydrogen) atoms. The Labute approximate surface area is 134 Å². The Morgan fingerprint density at radius 3 is 2.82 bits per heavy atom. The Morgan fingerprint density at radius 2 is 2.09 bits per heavy atom. The van der Waals surface area contributed by atoms with Crippen LogP contribution in [0.25, 0.3) is 11.4 Å². The number of hydrogen-bond acceptors (Lipinski definition) is 5. The number of tetrazole rings is 1. The molecule has 0 unspecified atom stereocenters. The highest BCUT2D eigenvalue weighted by Gasteiger charge is 2.15. The van der Waals surface area contributed by atoms with E-state index in [1.165, 1.54) is 6.20 Å². The number of pyridine rings is 1. The van der Waals surface area contributed by atoms with Crippen molar-refractivity contribution in [3.05, 3.63) is 52.3 Å². The number of nitrogens with one attached hydrogen (secondary N) is 2. The Bertz CT molecular complexity index is 821. The van der Waals surface area contributed by atoms with Crippen LogP contribution in [0.5, 0.6) is 0 Å². The van der Waals surface area contributed by atoms with Crippen LogP contribution < -0.4 is 5.32 Å². The fourth-order valence-electron chi connectivity index (χ4n) is 1.84. The van der Waals surface area contributed by atoms with Crippen LogP contribution >= 0.6 is 23.2 Å². The van der Waals surface area contributed by atoms with Crippen molar-refractivity contribution in [3.8, 4) is 11.4 Å². The highest BCUT2D eigenvalue weighted by Crippen LogP contribution is 2.28. The van der Waals surface area contributed by atoms with Crippen LogP contribution in [-0.4, -0.2) is 31.5 Å². The van der Waals surface area contributed by atoms with Gasteiger partial charge in [-0.1, -0.05) is 23.2 Å². The molecule has 1 amide bonds. The Morgan fingerprint density at radius 1 is 1.23 bits per heavy atom. The number of amides is 1. The summed E-state index contributed by atoms with van der Waals surface area (Å²) in [7, 11) is 0. The zero-order chi connectivity index (χ0) is 15.5. The maximum atomic E-state index is 12.3. The summed E-state index contributed by atoms with van der Waals surface area (Å²) in [6.07, 6.45) is 1.50. The summed E-state index contributed by atoms with van der Waals surface area (Å²) >= 11 is 11.9. The average molecular weight is 335 g/mol. The second kappa shape index (κ2) is 6.08. The van der Waals surface area contributed by atoms with E-state index in [1.807, 2.05) is 0 Å². The topological polar surface area (TPSA) is 96.5 Å². The number of nitrogens with zero attached hydrogens (tertiary/aromatic N) is 4. The quantitative estimate of drug-likeness (QED) is 0.718. The molecule has 0 saturated carbocycles. The van der Waals surface area contributed by atoms with E-state index in [0.717, 1.165) is 0 Å². The van der Waals surface area contributed by atoms with Gasteiger partial charge in [0.1, 0.15) is 5.15 Å². The molecule has 1 aromatic carbocycles. The number of aromatic nitrogens is 5. The van der Waals surface area contributed by atoms with Crippen LogP contribution in [0.3, 0.4) is 0 Å². The summed E-state index contributed by atoms with van der Waals surface area (Å²) in [6.45, 7) is 0. The molecular weight excluding hydrogens is 327 g/mol. The highest BCUT2D eigenvalue weighted by atomic mass is 35.5. The van der Waals surface area contributed by atoms with Gasteiger partial charge in [-0.2, -0.15) is 5.21 Å². The van der Waals surface area contributed by atoms with Gasteiger partial charge in [-0.3, -0.25) is 4.79 Å². The molecule has 0 aliphatic carbocycles. The first-order valence-electron chi connectivity index (χ1n) is 6.10. The molecule has 0 aliphatic heterocycles. The average Bonchev–Trinajstić information content (AvgIpc) is 3.02. The summed E-state index contributed by atoms with van der Waals surface area (Å²) in [4.78, 5) is 16.2. The summed E-state index contributed by atoms with van der Waals surface area (Å²) < 4.78 is 0. The van der Waals surface area contributed by atoms with Gasteiger partial charge in [0.2, 0.25) is 5.82 Å². The predicted molar refractivity (Wildman–Crippen MR) is 81.8 cm³/mol. The number of carbonyl (C=O) groups is 1. The minimum Gasteiger partial charge on any atom is -0.321 e. The van der Waals surface area contributed by atoms with E-state index in [2.05, 4.69) is 30.9 Å². The molecule has 2 N–H and O–H groups in total. The molecule has 3 rings (SSSR count). The summed E-state index contributed by atoms with van der Waals surface area (Å²) in [6, 6.07) is 8.14. The first kappa shape index (κ1) is 14.4. The van der Waals surface area contributed by atoms with Crippen LogP contribution in [0.1, 0.15) is 10.4 Å². The molecule has 0 radical (unpaired) electrons. The van der Waals surface area contributed by atoms with Gasteiger partial charge in [-0.15, -0.1) is 10.2 Å². The maximum Gasteiger partial charge on any atom is 0.258 e. The fraction of sp³-hybridized carbons (Fsp3) is 0. The number of H-pyrrole nitrogens is 1. The van der Waals surface area contributed by atoms with E-state index < -0.39 is 5.91 Å². The summed E-state index contributed by atoms with van der Waals surface area (Å²) in [5.74, 6) is -0.0747. The number of hydrogen-bond donors (Lipinski definition) is 2. The lowest BCUT2D eigenvalue weighted by molar-refractivity contribution is 0.102. The lowest BCUT2D eigenvalue weighted by Gasteiger charge is -2.10. The molecular formula is C13H8Cl2N6O. The standard InChI is InChI=1S/C13H8Cl2N6O/c14-7-3-4-8(12-18-20-21-19-12)10(6-7)17-13(22)9-2-1-5-16-11(9)15/h1-6H,(H,17,22)(H,18,19,20,21). The smallest absolute Gasteiger partial charge is 0.258 e. The van der Waals surface area contributed by atoms with Gasteiger partial charge in [0, 0.05) is 16.8 Å². The van der Waals surface area contributed by atoms with Crippen LogP contribution in [0.2, 0.25) is 10.2 Å². The van der Waals surface area contributed by atoms with Gasteiger partial charge in [0.05, 0.1) is 11.3 Å². The van der Waals surface area contributed by atoms with Crippen molar-refractivity contribution in [2.75, 3.05) is 5.32 Å². The molecule has 0 atom stereocenters. The second-order valence-electron chi connectivity index (χ2n) is 4.22. The van der Waals surface area contributed by atoms with Crippen molar-refractivity contribution >= 4 is 34.8 Å². The third-order valence-corrected chi connectivity index (χ3v) is 3.36. The zero-order valence-corrected chi connectivity index (χ0v) is 12.4. The first-order chi connectivity index (χ1) is 10.6. The number of aromatic amines is 1. The lowest BCUT2D eigenvalue weighted by atomic mass is 10.1. The van der Waals surface area contributed by atoms with Crippen molar-refractivity contribution in [3.63, 3.8) is 0 Å². The Hall–Kier alpha value is -2.51. The zero-order valence-electron chi connectivity index (χ0n) is 10.9. The summed E-state index contributed by atoms with van der Waals surface area (Å²) in [5, 5.41) is 16.9. The Kier molecular flexibility index (Phi) is 3.99. The van der Waals surface area contributed by atoms with Gasteiger partial charge in [0.25, 0.3) is 5.91 Å². The van der Waals surface area contributed by atoms with E-state index in [4.69, 9.17) is 23.2 Å². The monoisotopic (exact) mass is 334 g/mol. The normalized spacial score (nSPS) is 10.5. The number of halogens is 2. The third-order valence-electron chi connectivity index (χ3n) is 2.82. The van der Waals surface area contributed by atoms with Crippen molar-refractivity contribution < 1.29 is 4.79 Å². The van der Waals surface area contributed by atoms with Crippen LogP contribution in [0.15, 0.2) is 36.5 Å². The molecule has 110 valence electrons. The maximum absolute atomic E-state index is 12.3. The molecule has 0 aliphatic rings. The van der Waals surface area contributed by atoms with E-state index in [-0.39, 0.29) is 10.7 Å². The minimum atomic E-state index is -0.412. The van der Waals surface area contributed by atoms with E-state index in [9.17, 15) is 4.79 Å². The fourth-order valence-corrected chi connectivity index (χ4v) is 2.21. The molecule has 2 aromatic heterocycles. The second-order valence-corrected chi connectivity index (χ2v) is 5.02. The number of carbonyl (C=O) groups excluding carboxylic acids is 1. The molecule has 3 aromatic rings. The third kappa shape index (κ3) is 2.90. The molecule has 2 heterocycles. The predicted octanol–water partition coefficient (Wildman–Crippen LogP) is 2.82. The SMILES string of the molecule is O=C(Nc1cc(Cl)ccc1-c1nn[nH]n1)c1cccnc1Cl. The summed E-state index contributed by atoms with van der Waals surface area (Å²) in [5.41, 5.74) is 1.27. The van der Waals surface area contributed by atoms with Gasteiger partial charge < -0.3 is 5.32 Å². The van der Waals surface area contributed by atoms with E-state index in [0.29, 0.717) is 22.1 Å². The minimum absolute atomic E-state index is 0.114. The number of anilines is 1. The van der Waals surface area contributed by atoms with Gasteiger partial charge in [-0.25, -0.2) is 4.98 Å². The van der Waals surface area contributed by atoms with Crippen molar-refractivity contribution in [1.29, 1.82) is 0 Å². The molecule has 0 bridgehead atoms. The molecule has 0 spiro atoms. The highest BCUT2D eigenvalue weighted by molar-refractivity contribution is 6.33. The van der Waals surface area contributed by atoms with Crippen molar-refractivity contribution in [2.45, 2.75) is 0 Å². The van der Waals surface area contributed by atoms with Crippen LogP contribution in [-0.2, 0) is 0 Å². The molecule has 7 nitrogen and oxygen atoms in total. The van der Waals surface area contributed by atoms with E-state index in [1.54, 1.807) is 30.3 Å². The molecule has 0 saturated heterocycles.